The minimum atomic E-state index is 0.386. The molecule has 0 aliphatic rings. The average molecular weight is 372 g/mol. The highest BCUT2D eigenvalue weighted by atomic mass is 79.9. The molecule has 0 bridgehead atoms. The Hall–Kier alpha value is -1.39. The van der Waals surface area contributed by atoms with Crippen LogP contribution in [0.5, 0.6) is 17.2 Å². The van der Waals surface area contributed by atoms with E-state index in [0.29, 0.717) is 29.7 Å². The number of halogens is 2. The molecule has 2 rings (SSSR count). The third-order valence-corrected chi connectivity index (χ3v) is 4.09. The number of hydrogen-bond acceptors (Lipinski definition) is 3. The maximum Gasteiger partial charge on any atom is 0.203 e. The zero-order chi connectivity index (χ0) is 15.2. The molecule has 0 saturated carbocycles. The van der Waals surface area contributed by atoms with E-state index in [1.165, 1.54) is 0 Å². The molecule has 0 unspecified atom stereocenters. The van der Waals surface area contributed by atoms with E-state index in [2.05, 4.69) is 15.9 Å². The van der Waals surface area contributed by atoms with Gasteiger partial charge < -0.3 is 14.2 Å². The van der Waals surface area contributed by atoms with Gasteiger partial charge in [-0.2, -0.15) is 0 Å². The first kappa shape index (κ1) is 16.0. The molecule has 0 radical (unpaired) electrons. The minimum Gasteiger partial charge on any atom is -0.493 e. The molecular formula is C16H16BrClO3. The Bertz CT molecular complexity index is 591. The molecular weight excluding hydrogens is 356 g/mol. The molecule has 3 nitrogen and oxygen atoms in total. The van der Waals surface area contributed by atoms with E-state index in [9.17, 15) is 0 Å². The summed E-state index contributed by atoms with van der Waals surface area (Å²) >= 11 is 9.38. The van der Waals surface area contributed by atoms with Gasteiger partial charge in [0.15, 0.2) is 11.5 Å². The van der Waals surface area contributed by atoms with Crippen molar-refractivity contribution in [3.63, 3.8) is 0 Å². The van der Waals surface area contributed by atoms with Crippen LogP contribution in [-0.2, 0) is 12.5 Å². The predicted molar refractivity (Wildman–Crippen MR) is 87.6 cm³/mol. The Balaban J connectivity index is 2.28. The topological polar surface area (TPSA) is 27.7 Å². The molecule has 0 aromatic heterocycles. The third-order valence-electron chi connectivity index (χ3n) is 3.00. The molecule has 2 aromatic carbocycles. The van der Waals surface area contributed by atoms with E-state index in [4.69, 9.17) is 25.8 Å². The summed E-state index contributed by atoms with van der Waals surface area (Å²) in [7, 11) is 3.19. The van der Waals surface area contributed by atoms with Crippen LogP contribution in [0.1, 0.15) is 11.1 Å². The number of rotatable bonds is 6. The molecule has 0 N–H and O–H groups in total. The summed E-state index contributed by atoms with van der Waals surface area (Å²) in [6.45, 7) is 0.411. The minimum absolute atomic E-state index is 0.386. The van der Waals surface area contributed by atoms with Crippen LogP contribution in [0.4, 0.5) is 0 Å². The monoisotopic (exact) mass is 370 g/mol. The summed E-state index contributed by atoms with van der Waals surface area (Å²) in [5.74, 6) is 2.18. The molecule has 0 aliphatic heterocycles. The summed E-state index contributed by atoms with van der Waals surface area (Å²) < 4.78 is 17.6. The second kappa shape index (κ2) is 7.57. The van der Waals surface area contributed by atoms with Gasteiger partial charge in [0.1, 0.15) is 6.61 Å². The van der Waals surface area contributed by atoms with Gasteiger partial charge in [0, 0.05) is 15.9 Å². The van der Waals surface area contributed by atoms with E-state index in [-0.39, 0.29) is 0 Å². The third kappa shape index (κ3) is 3.83. The number of benzene rings is 2. The van der Waals surface area contributed by atoms with Crippen molar-refractivity contribution in [2.75, 3.05) is 14.2 Å². The van der Waals surface area contributed by atoms with Crippen LogP contribution in [-0.4, -0.2) is 14.2 Å². The van der Waals surface area contributed by atoms with Crippen LogP contribution in [0, 0.1) is 0 Å². The standard InChI is InChI=1S/C16H16BrClO3/c1-19-14-7-11(9-18)8-15(20-2)16(14)21-10-12-5-3-4-6-13(12)17/h3-8H,9-10H2,1-2H3. The van der Waals surface area contributed by atoms with Crippen molar-refractivity contribution in [3.8, 4) is 17.2 Å². The molecule has 0 fully saturated rings. The first-order valence-electron chi connectivity index (χ1n) is 6.36. The number of hydrogen-bond donors (Lipinski definition) is 0. The van der Waals surface area contributed by atoms with Gasteiger partial charge in [-0.25, -0.2) is 0 Å². The first-order valence-corrected chi connectivity index (χ1v) is 7.69. The highest BCUT2D eigenvalue weighted by Crippen LogP contribution is 2.39. The largest absolute Gasteiger partial charge is 0.493 e. The van der Waals surface area contributed by atoms with E-state index >= 15 is 0 Å². The van der Waals surface area contributed by atoms with Gasteiger partial charge in [-0.1, -0.05) is 34.1 Å². The lowest BCUT2D eigenvalue weighted by Crippen LogP contribution is -2.01. The van der Waals surface area contributed by atoms with E-state index in [1.54, 1.807) is 14.2 Å². The molecule has 0 saturated heterocycles. The zero-order valence-corrected chi connectivity index (χ0v) is 14.2. The van der Waals surface area contributed by atoms with Gasteiger partial charge in [-0.3, -0.25) is 0 Å². The normalized spacial score (nSPS) is 10.3. The lowest BCUT2D eigenvalue weighted by Gasteiger charge is -2.16. The summed E-state index contributed by atoms with van der Waals surface area (Å²) in [6, 6.07) is 11.6. The summed E-state index contributed by atoms with van der Waals surface area (Å²) in [4.78, 5) is 0. The van der Waals surface area contributed by atoms with Gasteiger partial charge in [0.05, 0.1) is 14.2 Å². The number of ether oxygens (including phenoxy) is 3. The molecule has 112 valence electrons. The Morgan fingerprint density at radius 3 is 2.19 bits per heavy atom. The smallest absolute Gasteiger partial charge is 0.203 e. The van der Waals surface area contributed by atoms with E-state index in [1.807, 2.05) is 36.4 Å². The molecule has 0 amide bonds. The summed E-state index contributed by atoms with van der Waals surface area (Å²) in [6.07, 6.45) is 0. The Morgan fingerprint density at radius 2 is 1.67 bits per heavy atom. The number of methoxy groups -OCH3 is 2. The SMILES string of the molecule is COc1cc(CCl)cc(OC)c1OCc1ccccc1Br. The van der Waals surface area contributed by atoms with Crippen LogP contribution in [0.3, 0.4) is 0 Å². The second-order valence-electron chi connectivity index (χ2n) is 4.34. The lowest BCUT2D eigenvalue weighted by atomic mass is 10.2. The van der Waals surface area contributed by atoms with Crippen LogP contribution in [0.25, 0.3) is 0 Å². The van der Waals surface area contributed by atoms with Crippen molar-refractivity contribution in [3.05, 3.63) is 52.0 Å². The Kier molecular flexibility index (Phi) is 5.76. The van der Waals surface area contributed by atoms with Crippen molar-refractivity contribution in [2.45, 2.75) is 12.5 Å². The quantitative estimate of drug-likeness (QED) is 0.684. The fraction of sp³-hybridized carbons (Fsp3) is 0.250. The van der Waals surface area contributed by atoms with E-state index < -0.39 is 0 Å². The fourth-order valence-corrected chi connectivity index (χ4v) is 2.47. The lowest BCUT2D eigenvalue weighted by molar-refractivity contribution is 0.265. The van der Waals surface area contributed by atoms with Crippen molar-refractivity contribution in [2.24, 2.45) is 0 Å². The van der Waals surface area contributed by atoms with Crippen molar-refractivity contribution in [1.82, 2.24) is 0 Å². The van der Waals surface area contributed by atoms with Gasteiger partial charge >= 0.3 is 0 Å². The Labute approximate surface area is 137 Å². The molecule has 21 heavy (non-hydrogen) atoms. The highest BCUT2D eigenvalue weighted by molar-refractivity contribution is 9.10. The van der Waals surface area contributed by atoms with Crippen LogP contribution >= 0.6 is 27.5 Å². The highest BCUT2D eigenvalue weighted by Gasteiger charge is 2.14. The van der Waals surface area contributed by atoms with Crippen molar-refractivity contribution in [1.29, 1.82) is 0 Å². The zero-order valence-electron chi connectivity index (χ0n) is 11.9. The van der Waals surface area contributed by atoms with E-state index in [0.717, 1.165) is 15.6 Å². The second-order valence-corrected chi connectivity index (χ2v) is 5.46. The van der Waals surface area contributed by atoms with Crippen LogP contribution < -0.4 is 14.2 Å². The van der Waals surface area contributed by atoms with Crippen LogP contribution in [0.2, 0.25) is 0 Å². The number of alkyl halides is 1. The van der Waals surface area contributed by atoms with Gasteiger partial charge in [-0.05, 0) is 23.8 Å². The maximum absolute atomic E-state index is 5.89. The van der Waals surface area contributed by atoms with Gasteiger partial charge in [0.25, 0.3) is 0 Å². The molecule has 0 spiro atoms. The molecule has 5 heteroatoms. The molecule has 0 heterocycles. The van der Waals surface area contributed by atoms with Crippen molar-refractivity contribution >= 4 is 27.5 Å². The molecule has 0 aliphatic carbocycles. The maximum atomic E-state index is 5.89. The predicted octanol–water partition coefficient (Wildman–Crippen LogP) is 4.78. The van der Waals surface area contributed by atoms with Crippen LogP contribution in [0.15, 0.2) is 40.9 Å². The molecule has 0 atom stereocenters. The first-order chi connectivity index (χ1) is 10.2. The van der Waals surface area contributed by atoms with Crippen molar-refractivity contribution < 1.29 is 14.2 Å². The average Bonchev–Trinajstić information content (AvgIpc) is 2.53. The molecule has 2 aromatic rings. The van der Waals surface area contributed by atoms with Gasteiger partial charge in [-0.15, -0.1) is 11.6 Å². The van der Waals surface area contributed by atoms with Gasteiger partial charge in [0.2, 0.25) is 5.75 Å². The Morgan fingerprint density at radius 1 is 1.05 bits per heavy atom. The summed E-state index contributed by atoms with van der Waals surface area (Å²) in [5, 5.41) is 0. The fourth-order valence-electron chi connectivity index (χ4n) is 1.92. The summed E-state index contributed by atoms with van der Waals surface area (Å²) in [5.41, 5.74) is 1.96.